The van der Waals surface area contributed by atoms with Gasteiger partial charge in [0, 0.05) is 16.7 Å². The van der Waals surface area contributed by atoms with Crippen molar-refractivity contribution in [1.29, 1.82) is 0 Å². The topological polar surface area (TPSA) is 30.5 Å². The predicted octanol–water partition coefficient (Wildman–Crippen LogP) is 4.24. The Kier molecular flexibility index (Phi) is 7.37. The normalized spacial score (nSPS) is 13.9. The van der Waals surface area contributed by atoms with Crippen LogP contribution in [-0.4, -0.2) is 19.3 Å². The molecule has 20 heavy (non-hydrogen) atoms. The molecular formula is C16H24INO2. The molecule has 1 aromatic rings. The van der Waals surface area contributed by atoms with Crippen molar-refractivity contribution in [3.63, 3.8) is 0 Å². The number of benzene rings is 1. The van der Waals surface area contributed by atoms with Gasteiger partial charge in [0.05, 0.1) is 0 Å². The first-order chi connectivity index (χ1) is 9.49. The molecular weight excluding hydrogens is 365 g/mol. The Labute approximate surface area is 135 Å². The summed E-state index contributed by atoms with van der Waals surface area (Å²) in [7, 11) is 1.72. The Balaban J connectivity index is 2.85. The fraction of sp³-hybridized carbons (Fsp3) is 0.500. The average molecular weight is 389 g/mol. The lowest BCUT2D eigenvalue weighted by Gasteiger charge is -2.28. The number of rotatable bonds is 8. The van der Waals surface area contributed by atoms with Crippen molar-refractivity contribution in [2.75, 3.05) is 7.11 Å². The van der Waals surface area contributed by atoms with Crippen LogP contribution in [0.4, 0.5) is 0 Å². The summed E-state index contributed by atoms with van der Waals surface area (Å²) < 4.78 is 12.8. The third kappa shape index (κ3) is 4.98. The zero-order valence-corrected chi connectivity index (χ0v) is 14.8. The minimum absolute atomic E-state index is 0.0605. The van der Waals surface area contributed by atoms with Crippen LogP contribution in [0.15, 0.2) is 36.7 Å². The van der Waals surface area contributed by atoms with E-state index in [4.69, 9.17) is 9.47 Å². The lowest BCUT2D eigenvalue weighted by atomic mass is 10.0. The highest BCUT2D eigenvalue weighted by Gasteiger charge is 2.25. The minimum atomic E-state index is -0.0983. The van der Waals surface area contributed by atoms with Crippen molar-refractivity contribution in [3.8, 4) is 0 Å². The molecule has 3 nitrogen and oxygen atoms in total. The van der Waals surface area contributed by atoms with Gasteiger partial charge in [-0.25, -0.2) is 0 Å². The molecule has 0 amide bonds. The SMILES string of the molecule is C=C(NC(C)C)O[C@@H](CC)[C@@H](OC)c1ccccc1I. The summed E-state index contributed by atoms with van der Waals surface area (Å²) in [6, 6.07) is 8.52. The van der Waals surface area contributed by atoms with Crippen LogP contribution in [0.2, 0.25) is 0 Å². The van der Waals surface area contributed by atoms with E-state index in [1.807, 2.05) is 12.1 Å². The van der Waals surface area contributed by atoms with Gasteiger partial charge in [0.2, 0.25) is 0 Å². The molecule has 0 radical (unpaired) electrons. The van der Waals surface area contributed by atoms with Crippen molar-refractivity contribution in [3.05, 3.63) is 45.9 Å². The van der Waals surface area contributed by atoms with Crippen molar-refractivity contribution in [2.24, 2.45) is 0 Å². The van der Waals surface area contributed by atoms with Crippen LogP contribution in [0.3, 0.4) is 0 Å². The predicted molar refractivity (Wildman–Crippen MR) is 91.5 cm³/mol. The van der Waals surface area contributed by atoms with Gasteiger partial charge in [-0.3, -0.25) is 0 Å². The second-order valence-electron chi connectivity index (χ2n) is 4.96. The molecule has 0 spiro atoms. The Hall–Kier alpha value is -0.750. The molecule has 2 atom stereocenters. The highest BCUT2D eigenvalue weighted by atomic mass is 127. The van der Waals surface area contributed by atoms with E-state index in [0.29, 0.717) is 11.9 Å². The van der Waals surface area contributed by atoms with Crippen LogP contribution < -0.4 is 5.32 Å². The van der Waals surface area contributed by atoms with E-state index in [1.165, 1.54) is 3.57 Å². The van der Waals surface area contributed by atoms with Crippen LogP contribution in [0.1, 0.15) is 38.9 Å². The van der Waals surface area contributed by atoms with Gasteiger partial charge in [-0.05, 0) is 61.1 Å². The fourth-order valence-corrected chi connectivity index (χ4v) is 2.78. The molecule has 0 aliphatic carbocycles. The summed E-state index contributed by atoms with van der Waals surface area (Å²) in [4.78, 5) is 0. The minimum Gasteiger partial charge on any atom is -0.473 e. The molecule has 0 aliphatic heterocycles. The first-order valence-corrected chi connectivity index (χ1v) is 7.96. The van der Waals surface area contributed by atoms with E-state index in [2.05, 4.69) is 67.4 Å². The number of halogens is 1. The maximum absolute atomic E-state index is 5.94. The van der Waals surface area contributed by atoms with Crippen LogP contribution in [0.5, 0.6) is 0 Å². The smallest absolute Gasteiger partial charge is 0.179 e. The maximum atomic E-state index is 5.94. The monoisotopic (exact) mass is 389 g/mol. The summed E-state index contributed by atoms with van der Waals surface area (Å²) in [5.41, 5.74) is 1.15. The zero-order chi connectivity index (χ0) is 15.1. The Bertz CT molecular complexity index is 434. The van der Waals surface area contributed by atoms with Crippen molar-refractivity contribution >= 4 is 22.6 Å². The zero-order valence-electron chi connectivity index (χ0n) is 12.7. The second kappa shape index (κ2) is 8.52. The summed E-state index contributed by atoms with van der Waals surface area (Å²) >= 11 is 2.33. The first kappa shape index (κ1) is 17.3. The first-order valence-electron chi connectivity index (χ1n) is 6.88. The highest BCUT2D eigenvalue weighted by Crippen LogP contribution is 2.29. The third-order valence-corrected chi connectivity index (χ3v) is 3.93. The quantitative estimate of drug-likeness (QED) is 0.533. The van der Waals surface area contributed by atoms with Gasteiger partial charge in [0.1, 0.15) is 12.2 Å². The van der Waals surface area contributed by atoms with E-state index in [1.54, 1.807) is 7.11 Å². The molecule has 0 heterocycles. The molecule has 0 saturated carbocycles. The van der Waals surface area contributed by atoms with E-state index >= 15 is 0 Å². The van der Waals surface area contributed by atoms with Crippen LogP contribution in [0.25, 0.3) is 0 Å². The second-order valence-corrected chi connectivity index (χ2v) is 6.13. The largest absolute Gasteiger partial charge is 0.473 e. The molecule has 0 saturated heterocycles. The van der Waals surface area contributed by atoms with Gasteiger partial charge in [-0.1, -0.05) is 25.1 Å². The molecule has 0 bridgehead atoms. The molecule has 0 aromatic heterocycles. The molecule has 0 unspecified atom stereocenters. The summed E-state index contributed by atoms with van der Waals surface area (Å²) in [6.45, 7) is 10.1. The van der Waals surface area contributed by atoms with E-state index in [9.17, 15) is 0 Å². The average Bonchev–Trinajstić information content (AvgIpc) is 2.39. The highest BCUT2D eigenvalue weighted by molar-refractivity contribution is 14.1. The van der Waals surface area contributed by atoms with Crippen LogP contribution in [0, 0.1) is 3.57 Å². The van der Waals surface area contributed by atoms with Crippen LogP contribution >= 0.6 is 22.6 Å². The molecule has 0 fully saturated rings. The maximum Gasteiger partial charge on any atom is 0.179 e. The molecule has 1 rings (SSSR count). The Morgan fingerprint density at radius 3 is 2.50 bits per heavy atom. The summed E-state index contributed by atoms with van der Waals surface area (Å²) in [5.74, 6) is 0.597. The number of nitrogens with one attached hydrogen (secondary N) is 1. The third-order valence-electron chi connectivity index (χ3n) is 2.95. The fourth-order valence-electron chi connectivity index (χ4n) is 2.08. The Morgan fingerprint density at radius 1 is 1.35 bits per heavy atom. The van der Waals surface area contributed by atoms with Crippen molar-refractivity contribution in [2.45, 2.75) is 45.4 Å². The van der Waals surface area contributed by atoms with Gasteiger partial charge in [-0.15, -0.1) is 0 Å². The van der Waals surface area contributed by atoms with Crippen molar-refractivity contribution in [1.82, 2.24) is 5.32 Å². The number of methoxy groups -OCH3 is 1. The van der Waals surface area contributed by atoms with Crippen LogP contribution in [-0.2, 0) is 9.47 Å². The standard InChI is InChI=1S/C16H24INO2/c1-6-15(20-12(4)18-11(2)3)16(19-5)13-9-7-8-10-14(13)17/h7-11,15-16,18H,4,6H2,1-3,5H3/t15-,16-/m0/s1. The lowest BCUT2D eigenvalue weighted by molar-refractivity contribution is -0.0382. The molecule has 1 aromatic carbocycles. The van der Waals surface area contributed by atoms with Gasteiger partial charge >= 0.3 is 0 Å². The molecule has 4 heteroatoms. The van der Waals surface area contributed by atoms with E-state index in [0.717, 1.165) is 12.0 Å². The van der Waals surface area contributed by atoms with Gasteiger partial charge in [0.15, 0.2) is 5.88 Å². The number of hydrogen-bond donors (Lipinski definition) is 1. The van der Waals surface area contributed by atoms with Gasteiger partial charge in [0.25, 0.3) is 0 Å². The van der Waals surface area contributed by atoms with E-state index < -0.39 is 0 Å². The molecule has 1 N–H and O–H groups in total. The molecule has 0 aliphatic rings. The van der Waals surface area contributed by atoms with Gasteiger partial charge in [-0.2, -0.15) is 0 Å². The van der Waals surface area contributed by atoms with Crippen molar-refractivity contribution < 1.29 is 9.47 Å². The van der Waals surface area contributed by atoms with E-state index in [-0.39, 0.29) is 12.2 Å². The number of ether oxygens (including phenoxy) is 2. The number of hydrogen-bond acceptors (Lipinski definition) is 3. The lowest BCUT2D eigenvalue weighted by Crippen LogP contribution is -2.30. The van der Waals surface area contributed by atoms with Gasteiger partial charge < -0.3 is 14.8 Å². The summed E-state index contributed by atoms with van der Waals surface area (Å²) in [6.07, 6.45) is 0.691. The molecule has 112 valence electrons. The summed E-state index contributed by atoms with van der Waals surface area (Å²) in [5, 5.41) is 3.18. The Morgan fingerprint density at radius 2 is 2.00 bits per heavy atom.